The largest absolute Gasteiger partial charge is 0.471 e. The maximum Gasteiger partial charge on any atom is 0.471 e. The Morgan fingerprint density at radius 3 is 1.41 bits per heavy atom. The summed E-state index contributed by atoms with van der Waals surface area (Å²) >= 11 is 0. The van der Waals surface area contributed by atoms with Crippen LogP contribution in [0.5, 0.6) is 0 Å². The molecule has 0 saturated heterocycles. The van der Waals surface area contributed by atoms with Gasteiger partial charge in [-0.1, -0.05) is 0 Å². The van der Waals surface area contributed by atoms with Gasteiger partial charge >= 0.3 is 51.7 Å². The van der Waals surface area contributed by atoms with Crippen molar-refractivity contribution in [3.05, 3.63) is 12.1 Å². The van der Waals surface area contributed by atoms with Crippen molar-refractivity contribution in [3.63, 3.8) is 0 Å². The number of rotatable bonds is 7. The van der Waals surface area contributed by atoms with Crippen LogP contribution in [0.3, 0.4) is 0 Å². The summed E-state index contributed by atoms with van der Waals surface area (Å²) in [4.78, 5) is 0. The summed E-state index contributed by atoms with van der Waals surface area (Å²) in [6, 6.07) is -3.95. The molecule has 0 spiro atoms. The number of ether oxygens (including phenoxy) is 2. The van der Waals surface area contributed by atoms with Crippen LogP contribution in [-0.2, 0) is 19.6 Å². The first-order valence-electron chi connectivity index (χ1n) is 4.99. The van der Waals surface area contributed by atoms with Gasteiger partial charge in [0.2, 0.25) is 0 Å². The van der Waals surface area contributed by atoms with Gasteiger partial charge in [-0.15, -0.1) is 0 Å². The minimum absolute atomic E-state index is 0. The molecule has 0 aliphatic heterocycles. The van der Waals surface area contributed by atoms with E-state index in [4.69, 9.17) is 4.55 Å². The minimum Gasteiger partial charge on any atom is -0.398 e. The first-order valence-corrected chi connectivity index (χ1v) is 6.43. The zero-order chi connectivity index (χ0) is 21.6. The first kappa shape index (κ1) is 28.3. The van der Waals surface area contributed by atoms with Crippen molar-refractivity contribution in [2.45, 2.75) is 29.5 Å². The average molecular weight is 451 g/mol. The summed E-state index contributed by atoms with van der Waals surface area (Å²) in [5.41, 5.74) is 0. The van der Waals surface area contributed by atoms with E-state index in [-0.39, 0.29) is 18.9 Å². The van der Waals surface area contributed by atoms with Gasteiger partial charge in [0, 0.05) is 18.9 Å². The second-order valence-corrected chi connectivity index (χ2v) is 5.32. The molecule has 0 aliphatic rings. The Hall–Kier alpha value is -0.903. The molecular formula is C7HF13LiO5S. The van der Waals surface area contributed by atoms with Crippen LogP contribution in [0.15, 0.2) is 12.1 Å². The predicted octanol–water partition coefficient (Wildman–Crippen LogP) is 3.57. The average Bonchev–Trinajstić information content (AvgIpc) is 2.34. The molecule has 27 heavy (non-hydrogen) atoms. The number of halogens is 13. The normalized spacial score (nSPS) is 16.2. The van der Waals surface area contributed by atoms with E-state index in [2.05, 4.69) is 0 Å². The van der Waals surface area contributed by atoms with Crippen LogP contribution in [-0.4, -0.2) is 61.3 Å². The fourth-order valence-corrected chi connectivity index (χ4v) is 1.23. The Bertz CT molecular complexity index is 669. The fraction of sp³-hybridized carbons (Fsp3) is 0.714. The molecule has 0 fully saturated rings. The molecular weight excluding hydrogens is 450 g/mol. The molecule has 0 saturated carbocycles. The van der Waals surface area contributed by atoms with Crippen LogP contribution in [0.4, 0.5) is 57.1 Å². The first-order chi connectivity index (χ1) is 11.0. The molecule has 20 heteroatoms. The number of hydrogen-bond donors (Lipinski definition) is 1. The monoisotopic (exact) mass is 451 g/mol. The molecule has 0 aromatic heterocycles. The van der Waals surface area contributed by atoms with Crippen molar-refractivity contribution < 1.29 is 79.5 Å². The Morgan fingerprint density at radius 1 is 0.778 bits per heavy atom. The van der Waals surface area contributed by atoms with Crippen LogP contribution < -0.4 is 0 Å². The summed E-state index contributed by atoms with van der Waals surface area (Å²) in [5.74, 6) is -7.51. The summed E-state index contributed by atoms with van der Waals surface area (Å²) in [7, 11) is -7.39. The van der Waals surface area contributed by atoms with E-state index in [0.717, 1.165) is 0 Å². The molecule has 0 aromatic rings. The molecule has 1 unspecified atom stereocenters. The van der Waals surface area contributed by atoms with Crippen LogP contribution in [0.25, 0.3) is 0 Å². The van der Waals surface area contributed by atoms with Crippen molar-refractivity contribution in [2.75, 3.05) is 0 Å². The maximum absolute atomic E-state index is 13.4. The molecule has 1 N–H and O–H groups in total. The van der Waals surface area contributed by atoms with E-state index in [1.54, 1.807) is 0 Å². The van der Waals surface area contributed by atoms with E-state index in [0.29, 0.717) is 0 Å². The van der Waals surface area contributed by atoms with Gasteiger partial charge in [-0.25, -0.2) is 0 Å². The molecule has 0 amide bonds. The summed E-state index contributed by atoms with van der Waals surface area (Å²) < 4.78 is 194. The van der Waals surface area contributed by atoms with Crippen molar-refractivity contribution in [1.29, 1.82) is 0 Å². The second kappa shape index (κ2) is 7.85. The molecule has 0 heterocycles. The second-order valence-electron chi connectivity index (χ2n) is 3.86. The quantitative estimate of drug-likeness (QED) is 0.278. The van der Waals surface area contributed by atoms with E-state index in [1.807, 2.05) is 4.74 Å². The van der Waals surface area contributed by atoms with Crippen LogP contribution in [0, 0.1) is 0 Å². The van der Waals surface area contributed by atoms with E-state index in [9.17, 15) is 65.5 Å². The molecule has 0 aliphatic carbocycles. The minimum atomic E-state index is -7.53. The van der Waals surface area contributed by atoms with Crippen LogP contribution in [0.1, 0.15) is 0 Å². The van der Waals surface area contributed by atoms with Gasteiger partial charge in [-0.3, -0.25) is 9.29 Å². The van der Waals surface area contributed by atoms with Gasteiger partial charge in [0.1, 0.15) is 0 Å². The predicted molar refractivity (Wildman–Crippen MR) is 54.6 cm³/mol. The number of alkyl halides is 10. The smallest absolute Gasteiger partial charge is 0.398 e. The van der Waals surface area contributed by atoms with E-state index >= 15 is 0 Å². The Balaban J connectivity index is 0. The Kier molecular flexibility index (Phi) is 8.23. The standard InChI is InChI=1S/C7HF13O5S.Li/c8-1(9)2(10)24-5(15,16)3(11,4(12,13)14)25-6(17,18)7(19,20)26(21,22)23;/h(H,21,22,23);. The van der Waals surface area contributed by atoms with Crippen molar-refractivity contribution in [2.24, 2.45) is 0 Å². The SMILES string of the molecule is O=S(=O)(O)C(F)(F)C(F)(F)OC(F)(C(F)(F)F)C(F)(F)OC(F)=C(F)F.[Li]. The van der Waals surface area contributed by atoms with Crippen LogP contribution >= 0.6 is 0 Å². The summed E-state index contributed by atoms with van der Waals surface area (Å²) in [6.45, 7) is 0. The molecule has 0 rings (SSSR count). The van der Waals surface area contributed by atoms with Gasteiger partial charge in [0.05, 0.1) is 0 Å². The third-order valence-electron chi connectivity index (χ3n) is 2.04. The zero-order valence-electron chi connectivity index (χ0n) is 11.9. The summed E-state index contributed by atoms with van der Waals surface area (Å²) in [5, 5.41) is -7.15. The molecule has 1 radical (unpaired) electrons. The van der Waals surface area contributed by atoms with E-state index < -0.39 is 51.7 Å². The Morgan fingerprint density at radius 2 is 1.15 bits per heavy atom. The molecule has 0 bridgehead atoms. The van der Waals surface area contributed by atoms with Gasteiger partial charge in [0.15, 0.2) is 0 Å². The van der Waals surface area contributed by atoms with Gasteiger partial charge in [0.25, 0.3) is 0 Å². The Labute approximate surface area is 151 Å². The van der Waals surface area contributed by atoms with Crippen molar-refractivity contribution >= 4 is 29.0 Å². The van der Waals surface area contributed by atoms with Gasteiger partial charge < -0.3 is 4.74 Å². The molecule has 5 nitrogen and oxygen atoms in total. The van der Waals surface area contributed by atoms with Crippen molar-refractivity contribution in [3.8, 4) is 0 Å². The fourth-order valence-electron chi connectivity index (χ4n) is 0.885. The molecule has 0 aromatic carbocycles. The zero-order valence-corrected chi connectivity index (χ0v) is 12.7. The number of hydrogen-bond acceptors (Lipinski definition) is 4. The third kappa shape index (κ3) is 5.33. The summed E-state index contributed by atoms with van der Waals surface area (Å²) in [6.07, 6.45) is -26.1. The molecule has 157 valence electrons. The molecule has 1 atom stereocenters. The van der Waals surface area contributed by atoms with Gasteiger partial charge in [-0.05, 0) is 0 Å². The maximum atomic E-state index is 13.4. The van der Waals surface area contributed by atoms with E-state index in [1.165, 1.54) is 4.74 Å². The van der Waals surface area contributed by atoms with Gasteiger partial charge in [-0.2, -0.15) is 65.5 Å². The van der Waals surface area contributed by atoms with Crippen LogP contribution in [0.2, 0.25) is 0 Å². The topological polar surface area (TPSA) is 72.8 Å². The van der Waals surface area contributed by atoms with Crippen molar-refractivity contribution in [1.82, 2.24) is 0 Å². The third-order valence-corrected chi connectivity index (χ3v) is 2.92.